The van der Waals surface area contributed by atoms with E-state index in [0.717, 1.165) is 30.2 Å². The topological polar surface area (TPSA) is 91.5 Å². The fourth-order valence-electron chi connectivity index (χ4n) is 5.26. The summed E-state index contributed by atoms with van der Waals surface area (Å²) in [6, 6.07) is 1.20. The van der Waals surface area contributed by atoms with Crippen LogP contribution in [0.25, 0.3) is 0 Å². The molecule has 7 heteroatoms. The number of rotatable bonds is 7. The molecule has 1 aromatic heterocycles. The van der Waals surface area contributed by atoms with Crippen LogP contribution in [0, 0.1) is 5.41 Å². The van der Waals surface area contributed by atoms with Gasteiger partial charge in [0, 0.05) is 25.5 Å². The second kappa shape index (κ2) is 9.67. The molecule has 0 spiro atoms. The second-order valence-electron chi connectivity index (χ2n) is 10.3. The average molecular weight is 440 g/mol. The predicted molar refractivity (Wildman–Crippen MR) is 134 cm³/mol. The lowest BCUT2D eigenvalue weighted by molar-refractivity contribution is 0.193. The molecule has 32 heavy (non-hydrogen) atoms. The molecule has 4 rings (SSSR count). The van der Waals surface area contributed by atoms with Crippen molar-refractivity contribution >= 4 is 23.8 Å². The smallest absolute Gasteiger partial charge is 0.231 e. The molecular weight excluding hydrogens is 398 g/mol. The van der Waals surface area contributed by atoms with Crippen molar-refractivity contribution in [1.82, 2.24) is 9.97 Å². The Labute approximate surface area is 193 Å². The highest BCUT2D eigenvalue weighted by Gasteiger charge is 2.35. The number of nitrogens with two attached hydrogens (primary N) is 1. The van der Waals surface area contributed by atoms with Crippen LogP contribution in [0.15, 0.2) is 16.9 Å². The number of nitrogens with one attached hydrogen (secondary N) is 2. The zero-order valence-electron chi connectivity index (χ0n) is 20.3. The highest BCUT2D eigenvalue weighted by atomic mass is 15.3. The summed E-state index contributed by atoms with van der Waals surface area (Å²) in [4.78, 5) is 16.6. The Morgan fingerprint density at radius 3 is 2.56 bits per heavy atom. The Kier molecular flexibility index (Phi) is 6.91. The van der Waals surface area contributed by atoms with Gasteiger partial charge in [0.05, 0.1) is 23.3 Å². The van der Waals surface area contributed by atoms with Crippen LogP contribution in [0.3, 0.4) is 0 Å². The van der Waals surface area contributed by atoms with Gasteiger partial charge in [-0.2, -0.15) is 9.97 Å². The summed E-state index contributed by atoms with van der Waals surface area (Å²) in [7, 11) is 2.09. The molecule has 0 aromatic carbocycles. The number of nitrogens with zero attached hydrogens (tertiary/aromatic N) is 4. The summed E-state index contributed by atoms with van der Waals surface area (Å²) in [6.45, 7) is 6.91. The van der Waals surface area contributed by atoms with E-state index in [0.29, 0.717) is 29.5 Å². The number of allylic oxidation sites excluding steroid dienone is 1. The quantitative estimate of drug-likeness (QED) is 0.495. The first-order valence-corrected chi connectivity index (χ1v) is 12.6. The normalized spacial score (nSPS) is 29.0. The lowest BCUT2D eigenvalue weighted by atomic mass is 9.72. The van der Waals surface area contributed by atoms with E-state index in [1.165, 1.54) is 56.9 Å². The van der Waals surface area contributed by atoms with Gasteiger partial charge in [-0.3, -0.25) is 4.99 Å². The van der Waals surface area contributed by atoms with Crippen molar-refractivity contribution in [1.29, 1.82) is 0 Å². The maximum Gasteiger partial charge on any atom is 0.231 e. The maximum atomic E-state index is 5.92. The molecule has 2 heterocycles. The van der Waals surface area contributed by atoms with Crippen LogP contribution >= 0.6 is 0 Å². The molecule has 176 valence electrons. The largest absolute Gasteiger partial charge is 0.403 e. The fourth-order valence-corrected chi connectivity index (χ4v) is 5.26. The molecule has 2 fully saturated rings. The molecule has 2 aliphatic carbocycles. The van der Waals surface area contributed by atoms with E-state index >= 15 is 0 Å². The molecule has 0 bridgehead atoms. The third-order valence-corrected chi connectivity index (χ3v) is 8.08. The Bertz CT molecular complexity index is 848. The van der Waals surface area contributed by atoms with Gasteiger partial charge in [-0.1, -0.05) is 39.5 Å². The molecule has 3 aliphatic rings. The Morgan fingerprint density at radius 2 is 1.91 bits per heavy atom. The molecule has 4 N–H and O–H groups in total. The lowest BCUT2D eigenvalue weighted by Crippen LogP contribution is -2.36. The monoisotopic (exact) mass is 439 g/mol. The van der Waals surface area contributed by atoms with Gasteiger partial charge >= 0.3 is 0 Å². The summed E-state index contributed by atoms with van der Waals surface area (Å²) in [5.41, 5.74) is 8.37. The van der Waals surface area contributed by atoms with E-state index in [4.69, 9.17) is 20.7 Å². The molecular formula is C25H41N7. The minimum atomic E-state index is 0.330. The number of hydrogen-bond donors (Lipinski definition) is 3. The number of hydrogen-bond acceptors (Lipinski definition) is 7. The van der Waals surface area contributed by atoms with Crippen LogP contribution in [0.4, 0.5) is 17.6 Å². The van der Waals surface area contributed by atoms with Gasteiger partial charge < -0.3 is 21.3 Å². The van der Waals surface area contributed by atoms with Gasteiger partial charge in [-0.15, -0.1) is 0 Å². The first-order valence-electron chi connectivity index (χ1n) is 12.6. The minimum Gasteiger partial charge on any atom is -0.403 e. The summed E-state index contributed by atoms with van der Waals surface area (Å²) in [5.74, 6) is 2.54. The summed E-state index contributed by atoms with van der Waals surface area (Å²) in [5, 5.41) is 7.03. The van der Waals surface area contributed by atoms with E-state index in [2.05, 4.69) is 43.4 Å². The van der Waals surface area contributed by atoms with Crippen LogP contribution in [0.5, 0.6) is 0 Å². The SMILES string of the molecule is CCC1(C)CCC(N=CC(=CN)Nc2nc(NC3CCCCC3)c3c(n2)N(C)C3C)CC1. The van der Waals surface area contributed by atoms with Gasteiger partial charge in [-0.05, 0) is 50.9 Å². The van der Waals surface area contributed by atoms with E-state index in [1.807, 2.05) is 6.21 Å². The van der Waals surface area contributed by atoms with Gasteiger partial charge in [0.15, 0.2) is 0 Å². The van der Waals surface area contributed by atoms with Crippen LogP contribution in [0.2, 0.25) is 0 Å². The van der Waals surface area contributed by atoms with Crippen molar-refractivity contribution in [3.05, 3.63) is 17.5 Å². The highest BCUT2D eigenvalue weighted by molar-refractivity contribution is 5.83. The summed E-state index contributed by atoms with van der Waals surface area (Å²) >= 11 is 0. The first-order chi connectivity index (χ1) is 15.4. The van der Waals surface area contributed by atoms with Gasteiger partial charge in [0.2, 0.25) is 5.95 Å². The molecule has 0 radical (unpaired) electrons. The van der Waals surface area contributed by atoms with Crippen molar-refractivity contribution in [3.63, 3.8) is 0 Å². The number of aliphatic imine (C=N–C) groups is 1. The number of aromatic nitrogens is 2. The maximum absolute atomic E-state index is 5.92. The second-order valence-corrected chi connectivity index (χ2v) is 10.3. The van der Waals surface area contributed by atoms with E-state index in [-0.39, 0.29) is 0 Å². The van der Waals surface area contributed by atoms with Crippen LogP contribution < -0.4 is 21.3 Å². The lowest BCUT2D eigenvalue weighted by Gasteiger charge is -2.40. The molecule has 1 atom stereocenters. The first kappa shape index (κ1) is 22.9. The zero-order chi connectivity index (χ0) is 22.7. The number of anilines is 3. The molecule has 7 nitrogen and oxygen atoms in total. The summed E-state index contributed by atoms with van der Waals surface area (Å²) < 4.78 is 0. The van der Waals surface area contributed by atoms with Crippen LogP contribution in [0.1, 0.15) is 96.6 Å². The Balaban J connectivity index is 1.45. The van der Waals surface area contributed by atoms with Crippen molar-refractivity contribution < 1.29 is 0 Å². The minimum absolute atomic E-state index is 0.330. The standard InChI is InChI=1S/C25H41N7/c1-5-25(3)13-11-18(12-14-25)27-16-20(15-26)29-24-30-22(28-19-9-7-6-8-10-19)21-17(2)32(4)23(21)31-24/h15-19H,5-14,26H2,1-4H3,(H2,28,29,30,31). The molecule has 0 saturated heterocycles. The highest BCUT2D eigenvalue weighted by Crippen LogP contribution is 2.45. The predicted octanol–water partition coefficient (Wildman–Crippen LogP) is 5.37. The third kappa shape index (κ3) is 4.86. The Morgan fingerprint density at radius 1 is 1.19 bits per heavy atom. The van der Waals surface area contributed by atoms with Gasteiger partial charge in [-0.25, -0.2) is 0 Å². The van der Waals surface area contributed by atoms with E-state index in [1.54, 1.807) is 6.20 Å². The third-order valence-electron chi connectivity index (χ3n) is 8.08. The van der Waals surface area contributed by atoms with E-state index in [9.17, 15) is 0 Å². The van der Waals surface area contributed by atoms with Gasteiger partial charge in [0.25, 0.3) is 0 Å². The van der Waals surface area contributed by atoms with Crippen molar-refractivity contribution in [2.24, 2.45) is 16.1 Å². The van der Waals surface area contributed by atoms with Crippen molar-refractivity contribution in [2.75, 3.05) is 22.6 Å². The molecule has 1 aliphatic heterocycles. The fraction of sp³-hybridized carbons (Fsp3) is 0.720. The molecule has 1 unspecified atom stereocenters. The number of fused-ring (bicyclic) bond motifs is 1. The Hall–Kier alpha value is -2.31. The summed E-state index contributed by atoms with van der Waals surface area (Å²) in [6.07, 6.45) is 15.8. The van der Waals surface area contributed by atoms with Gasteiger partial charge in [0.1, 0.15) is 11.6 Å². The molecule has 0 amide bonds. The molecule has 2 saturated carbocycles. The zero-order valence-corrected chi connectivity index (χ0v) is 20.3. The molecule has 1 aromatic rings. The van der Waals surface area contributed by atoms with Crippen molar-refractivity contribution in [2.45, 2.75) is 103 Å². The average Bonchev–Trinajstić information content (AvgIpc) is 2.82. The van der Waals surface area contributed by atoms with Crippen LogP contribution in [-0.2, 0) is 0 Å². The van der Waals surface area contributed by atoms with E-state index < -0.39 is 0 Å². The van der Waals surface area contributed by atoms with Crippen LogP contribution in [-0.4, -0.2) is 35.3 Å². The van der Waals surface area contributed by atoms with Crippen molar-refractivity contribution in [3.8, 4) is 0 Å².